The summed E-state index contributed by atoms with van der Waals surface area (Å²) in [5, 5.41) is 6.51. The van der Waals surface area contributed by atoms with E-state index in [0.717, 1.165) is 27.1 Å². The summed E-state index contributed by atoms with van der Waals surface area (Å²) < 4.78 is 8.79. The van der Waals surface area contributed by atoms with Crippen molar-refractivity contribution >= 4 is 39.6 Å². The molecule has 7 nitrogen and oxygen atoms in total. The third-order valence-corrected chi connectivity index (χ3v) is 5.70. The van der Waals surface area contributed by atoms with E-state index >= 15 is 0 Å². The fourth-order valence-corrected chi connectivity index (χ4v) is 3.95. The molecular formula is C27H23BrN4O3. The average molecular weight is 531 g/mol. The number of benzene rings is 3. The predicted octanol–water partition coefficient (Wildman–Crippen LogP) is 5.74. The van der Waals surface area contributed by atoms with E-state index in [-0.39, 0.29) is 0 Å². The normalized spacial score (nSPS) is 10.8. The number of amides is 2. The first-order valence-corrected chi connectivity index (χ1v) is 11.6. The monoisotopic (exact) mass is 530 g/mol. The molecule has 0 fully saturated rings. The zero-order chi connectivity index (χ0) is 24.8. The molecule has 3 aromatic carbocycles. The fraction of sp³-hybridized carbons (Fsp3) is 0.0741. The highest BCUT2D eigenvalue weighted by atomic mass is 79.9. The molecule has 0 saturated heterocycles. The van der Waals surface area contributed by atoms with Crippen molar-refractivity contribution in [2.45, 2.75) is 13.8 Å². The molecule has 0 radical (unpaired) electrons. The van der Waals surface area contributed by atoms with Gasteiger partial charge in [0.1, 0.15) is 11.5 Å². The number of para-hydroxylation sites is 1. The average Bonchev–Trinajstić information content (AvgIpc) is 3.13. The lowest BCUT2D eigenvalue weighted by Crippen LogP contribution is -2.32. The molecule has 35 heavy (non-hydrogen) atoms. The molecule has 0 aliphatic carbocycles. The predicted molar refractivity (Wildman–Crippen MR) is 140 cm³/mol. The van der Waals surface area contributed by atoms with Gasteiger partial charge in [-0.05, 0) is 74.5 Å². The van der Waals surface area contributed by atoms with Crippen molar-refractivity contribution in [1.29, 1.82) is 0 Å². The lowest BCUT2D eigenvalue weighted by molar-refractivity contribution is -0.136. The van der Waals surface area contributed by atoms with Crippen LogP contribution in [0.2, 0.25) is 0 Å². The lowest BCUT2D eigenvalue weighted by atomic mass is 10.2. The molecule has 2 amide bonds. The Bertz CT molecular complexity index is 1380. The van der Waals surface area contributed by atoms with Crippen LogP contribution in [0, 0.1) is 13.8 Å². The van der Waals surface area contributed by atoms with Crippen molar-refractivity contribution in [2.24, 2.45) is 5.10 Å². The van der Waals surface area contributed by atoms with Gasteiger partial charge in [-0.25, -0.2) is 5.43 Å². The summed E-state index contributed by atoms with van der Waals surface area (Å²) in [6.45, 7) is 3.96. The first-order valence-electron chi connectivity index (χ1n) is 10.8. The molecule has 8 heteroatoms. The fourth-order valence-electron chi connectivity index (χ4n) is 3.56. The Labute approximate surface area is 211 Å². The van der Waals surface area contributed by atoms with Crippen LogP contribution in [-0.2, 0) is 9.59 Å². The number of rotatable bonds is 6. The van der Waals surface area contributed by atoms with Gasteiger partial charge in [0.2, 0.25) is 0 Å². The quantitative estimate of drug-likeness (QED) is 0.189. The van der Waals surface area contributed by atoms with Gasteiger partial charge in [0.25, 0.3) is 0 Å². The molecule has 4 aromatic rings. The van der Waals surface area contributed by atoms with E-state index < -0.39 is 11.8 Å². The molecule has 0 bridgehead atoms. The van der Waals surface area contributed by atoms with Crippen LogP contribution >= 0.6 is 15.9 Å². The molecule has 1 aromatic heterocycles. The van der Waals surface area contributed by atoms with Crippen LogP contribution in [0.25, 0.3) is 5.69 Å². The minimum absolute atomic E-state index is 0.465. The van der Waals surface area contributed by atoms with Crippen LogP contribution in [0.5, 0.6) is 11.5 Å². The molecule has 0 aliphatic rings. The van der Waals surface area contributed by atoms with E-state index in [1.165, 1.54) is 6.21 Å². The minimum Gasteiger partial charge on any atom is -0.457 e. The van der Waals surface area contributed by atoms with Crippen molar-refractivity contribution in [2.75, 3.05) is 5.32 Å². The first-order chi connectivity index (χ1) is 16.9. The van der Waals surface area contributed by atoms with Gasteiger partial charge >= 0.3 is 11.8 Å². The van der Waals surface area contributed by atoms with Crippen molar-refractivity contribution < 1.29 is 14.3 Å². The number of hydrogen-bond acceptors (Lipinski definition) is 4. The Morgan fingerprint density at radius 1 is 0.886 bits per heavy atom. The Balaban J connectivity index is 1.34. The van der Waals surface area contributed by atoms with E-state index in [0.29, 0.717) is 17.2 Å². The molecule has 0 spiro atoms. The molecule has 0 atom stereocenters. The highest BCUT2D eigenvalue weighted by molar-refractivity contribution is 9.10. The van der Waals surface area contributed by atoms with Gasteiger partial charge in [0.05, 0.1) is 6.21 Å². The smallest absolute Gasteiger partial charge is 0.329 e. The van der Waals surface area contributed by atoms with Crippen LogP contribution < -0.4 is 15.5 Å². The summed E-state index contributed by atoms with van der Waals surface area (Å²) in [6.07, 6.45) is 1.53. The number of hydrogen-bond donors (Lipinski definition) is 2. The highest BCUT2D eigenvalue weighted by Crippen LogP contribution is 2.23. The molecular weight excluding hydrogens is 508 g/mol. The number of aryl methyl sites for hydroxylation is 1. The summed E-state index contributed by atoms with van der Waals surface area (Å²) in [7, 11) is 0. The summed E-state index contributed by atoms with van der Waals surface area (Å²) in [5.41, 5.74) is 6.56. The molecule has 4 rings (SSSR count). The Kier molecular flexibility index (Phi) is 7.42. The van der Waals surface area contributed by atoms with Crippen molar-refractivity contribution in [1.82, 2.24) is 9.99 Å². The van der Waals surface area contributed by atoms with Gasteiger partial charge in [0, 0.05) is 32.8 Å². The van der Waals surface area contributed by atoms with Crippen molar-refractivity contribution in [3.63, 3.8) is 0 Å². The molecule has 176 valence electrons. The molecule has 1 heterocycles. The molecule has 0 saturated carbocycles. The maximum Gasteiger partial charge on any atom is 0.329 e. The number of halogens is 1. The van der Waals surface area contributed by atoms with Crippen LogP contribution in [0.1, 0.15) is 17.0 Å². The summed E-state index contributed by atoms with van der Waals surface area (Å²) >= 11 is 3.50. The van der Waals surface area contributed by atoms with Gasteiger partial charge in [0.15, 0.2) is 0 Å². The van der Waals surface area contributed by atoms with E-state index in [9.17, 15) is 9.59 Å². The molecule has 2 N–H and O–H groups in total. The van der Waals surface area contributed by atoms with E-state index in [4.69, 9.17) is 4.74 Å². The number of carbonyl (C=O) groups excluding carboxylic acids is 2. The second-order valence-corrected chi connectivity index (χ2v) is 8.65. The maximum atomic E-state index is 12.2. The van der Waals surface area contributed by atoms with Gasteiger partial charge in [-0.3, -0.25) is 9.59 Å². The largest absolute Gasteiger partial charge is 0.457 e. The second kappa shape index (κ2) is 10.8. The Morgan fingerprint density at radius 3 is 2.31 bits per heavy atom. The van der Waals surface area contributed by atoms with E-state index in [1.807, 2.05) is 74.5 Å². The molecule has 0 aliphatic heterocycles. The third kappa shape index (κ3) is 6.04. The van der Waals surface area contributed by atoms with Crippen LogP contribution in [0.3, 0.4) is 0 Å². The highest BCUT2D eigenvalue weighted by Gasteiger charge is 2.14. The zero-order valence-electron chi connectivity index (χ0n) is 19.2. The van der Waals surface area contributed by atoms with Crippen LogP contribution in [-0.4, -0.2) is 22.6 Å². The Hall–Kier alpha value is -4.17. The maximum absolute atomic E-state index is 12.2. The SMILES string of the molecule is Cc1cc(/C=N\NC(=O)C(=O)Nc2ccc(Oc3ccccc3)cc2)c(C)n1-c1cccc(Br)c1. The van der Waals surface area contributed by atoms with Crippen molar-refractivity contribution in [3.8, 4) is 17.2 Å². The minimum atomic E-state index is -0.869. The Morgan fingerprint density at radius 2 is 1.60 bits per heavy atom. The summed E-state index contributed by atoms with van der Waals surface area (Å²) in [5.74, 6) is -0.368. The number of nitrogens with zero attached hydrogens (tertiary/aromatic N) is 2. The van der Waals surface area contributed by atoms with Gasteiger partial charge < -0.3 is 14.6 Å². The van der Waals surface area contributed by atoms with Crippen molar-refractivity contribution in [3.05, 3.63) is 106 Å². The van der Waals surface area contributed by atoms with Gasteiger partial charge in [-0.1, -0.05) is 40.2 Å². The standard InChI is InChI=1S/C27H23BrN4O3/c1-18-15-20(19(2)32(18)23-8-6-7-21(28)16-23)17-29-31-27(34)26(33)30-22-11-13-25(14-12-22)35-24-9-4-3-5-10-24/h3-17H,1-2H3,(H,30,33)(H,31,34)/b29-17-. The summed E-state index contributed by atoms with van der Waals surface area (Å²) in [6, 6.07) is 26.0. The number of nitrogens with one attached hydrogen (secondary N) is 2. The van der Waals surface area contributed by atoms with Gasteiger partial charge in [-0.15, -0.1) is 0 Å². The second-order valence-electron chi connectivity index (χ2n) is 7.73. The van der Waals surface area contributed by atoms with Crippen LogP contribution in [0.4, 0.5) is 5.69 Å². The zero-order valence-corrected chi connectivity index (χ0v) is 20.7. The number of aromatic nitrogens is 1. The number of ether oxygens (including phenoxy) is 1. The number of anilines is 1. The first kappa shape index (κ1) is 24.0. The van der Waals surface area contributed by atoms with Crippen LogP contribution in [0.15, 0.2) is 94.5 Å². The van der Waals surface area contributed by atoms with E-state index in [2.05, 4.69) is 36.3 Å². The molecule has 0 unspecified atom stereocenters. The number of carbonyl (C=O) groups is 2. The number of hydrazone groups is 1. The summed E-state index contributed by atoms with van der Waals surface area (Å²) in [4.78, 5) is 24.4. The van der Waals surface area contributed by atoms with Gasteiger partial charge in [-0.2, -0.15) is 5.10 Å². The third-order valence-electron chi connectivity index (χ3n) is 5.20. The topological polar surface area (TPSA) is 84.7 Å². The van der Waals surface area contributed by atoms with E-state index in [1.54, 1.807) is 24.3 Å². The lowest BCUT2D eigenvalue weighted by Gasteiger charge is -2.09.